The topological polar surface area (TPSA) is 68.3 Å². The highest BCUT2D eigenvalue weighted by atomic mass is 32.1. The predicted octanol–water partition coefficient (Wildman–Crippen LogP) is 5.95. The SMILES string of the molecule is O=C(/C=C/c1ccccc1)Nc1scc(-c2ccncc2)c1C(=O)OC1CCCCC1. The minimum Gasteiger partial charge on any atom is -0.459 e. The van der Waals surface area contributed by atoms with Gasteiger partial charge in [-0.05, 0) is 55.0 Å². The fraction of sp³-hybridized carbons (Fsp3) is 0.240. The van der Waals surface area contributed by atoms with E-state index < -0.39 is 0 Å². The molecule has 2 aromatic heterocycles. The molecule has 0 aliphatic heterocycles. The molecule has 1 N–H and O–H groups in total. The molecule has 6 heteroatoms. The summed E-state index contributed by atoms with van der Waals surface area (Å²) in [7, 11) is 0. The molecule has 4 rings (SSSR count). The lowest BCUT2D eigenvalue weighted by atomic mass is 9.97. The second kappa shape index (κ2) is 10.2. The Bertz CT molecular complexity index is 1050. The Morgan fingerprint density at radius 3 is 2.52 bits per heavy atom. The summed E-state index contributed by atoms with van der Waals surface area (Å²) in [5, 5.41) is 5.24. The zero-order valence-electron chi connectivity index (χ0n) is 17.1. The van der Waals surface area contributed by atoms with Gasteiger partial charge in [-0.1, -0.05) is 36.8 Å². The average molecular weight is 433 g/mol. The third kappa shape index (κ3) is 5.47. The van der Waals surface area contributed by atoms with Crippen LogP contribution in [0, 0.1) is 0 Å². The normalized spacial score (nSPS) is 14.5. The Kier molecular flexibility index (Phi) is 6.89. The van der Waals surface area contributed by atoms with E-state index in [-0.39, 0.29) is 18.0 Å². The van der Waals surface area contributed by atoms with Gasteiger partial charge in [0, 0.05) is 29.4 Å². The van der Waals surface area contributed by atoms with Gasteiger partial charge >= 0.3 is 5.97 Å². The number of hydrogen-bond donors (Lipinski definition) is 1. The molecular formula is C25H24N2O3S. The molecule has 1 amide bonds. The van der Waals surface area contributed by atoms with Crippen LogP contribution in [-0.2, 0) is 9.53 Å². The number of aromatic nitrogens is 1. The number of carbonyl (C=O) groups is 2. The minimum absolute atomic E-state index is 0.0621. The molecule has 158 valence electrons. The highest BCUT2D eigenvalue weighted by molar-refractivity contribution is 7.15. The van der Waals surface area contributed by atoms with Gasteiger partial charge in [-0.15, -0.1) is 11.3 Å². The van der Waals surface area contributed by atoms with Gasteiger partial charge < -0.3 is 10.1 Å². The summed E-state index contributed by atoms with van der Waals surface area (Å²) in [6.45, 7) is 0. The van der Waals surface area contributed by atoms with Gasteiger partial charge in [0.05, 0.1) is 0 Å². The Balaban J connectivity index is 1.57. The number of amides is 1. The van der Waals surface area contributed by atoms with Gasteiger partial charge in [-0.3, -0.25) is 9.78 Å². The van der Waals surface area contributed by atoms with E-state index in [1.807, 2.05) is 47.8 Å². The molecule has 31 heavy (non-hydrogen) atoms. The molecule has 1 aliphatic carbocycles. The van der Waals surface area contributed by atoms with E-state index in [0.29, 0.717) is 10.6 Å². The van der Waals surface area contributed by atoms with Gasteiger partial charge in [0.15, 0.2) is 0 Å². The number of esters is 1. The van der Waals surface area contributed by atoms with Crippen LogP contribution in [0.4, 0.5) is 5.00 Å². The summed E-state index contributed by atoms with van der Waals surface area (Å²) in [4.78, 5) is 29.7. The lowest BCUT2D eigenvalue weighted by Gasteiger charge is -2.22. The molecule has 2 heterocycles. The van der Waals surface area contributed by atoms with E-state index >= 15 is 0 Å². The third-order valence-electron chi connectivity index (χ3n) is 5.28. The van der Waals surface area contributed by atoms with Crippen LogP contribution in [0.1, 0.15) is 48.0 Å². The summed E-state index contributed by atoms with van der Waals surface area (Å²) in [5.41, 5.74) is 2.94. The Morgan fingerprint density at radius 2 is 1.77 bits per heavy atom. The molecule has 0 unspecified atom stereocenters. The summed E-state index contributed by atoms with van der Waals surface area (Å²) in [5.74, 6) is -0.680. The van der Waals surface area contributed by atoms with E-state index in [0.717, 1.165) is 42.4 Å². The summed E-state index contributed by atoms with van der Waals surface area (Å²) in [6.07, 6.45) is 11.6. The second-order valence-corrected chi connectivity index (χ2v) is 8.37. The molecule has 5 nitrogen and oxygen atoms in total. The molecule has 0 spiro atoms. The van der Waals surface area contributed by atoms with Gasteiger partial charge in [0.1, 0.15) is 16.7 Å². The zero-order chi connectivity index (χ0) is 21.5. The minimum atomic E-state index is -0.387. The van der Waals surface area contributed by atoms with Crippen molar-refractivity contribution in [3.05, 3.63) is 77.4 Å². The van der Waals surface area contributed by atoms with Crippen molar-refractivity contribution >= 4 is 34.3 Å². The maximum atomic E-state index is 13.1. The number of nitrogens with one attached hydrogen (secondary N) is 1. The number of anilines is 1. The lowest BCUT2D eigenvalue weighted by Crippen LogP contribution is -2.22. The van der Waals surface area contributed by atoms with Crippen molar-refractivity contribution in [1.29, 1.82) is 0 Å². The van der Waals surface area contributed by atoms with Crippen molar-refractivity contribution in [3.8, 4) is 11.1 Å². The summed E-state index contributed by atoms with van der Waals surface area (Å²) >= 11 is 1.32. The molecule has 1 fully saturated rings. The number of nitrogens with zero attached hydrogens (tertiary/aromatic N) is 1. The highest BCUT2D eigenvalue weighted by Crippen LogP contribution is 2.37. The Labute approximate surface area is 185 Å². The van der Waals surface area contributed by atoms with Crippen molar-refractivity contribution in [2.45, 2.75) is 38.2 Å². The number of benzene rings is 1. The number of thiophene rings is 1. The van der Waals surface area contributed by atoms with E-state index in [4.69, 9.17) is 4.74 Å². The first-order valence-corrected chi connectivity index (χ1v) is 11.4. The average Bonchev–Trinajstić information content (AvgIpc) is 3.23. The molecule has 0 saturated heterocycles. The number of carbonyl (C=O) groups excluding carboxylic acids is 2. The van der Waals surface area contributed by atoms with Crippen LogP contribution < -0.4 is 5.32 Å². The molecule has 0 atom stereocenters. The van der Waals surface area contributed by atoms with Crippen LogP contribution >= 0.6 is 11.3 Å². The first kappa shape index (κ1) is 21.0. The monoisotopic (exact) mass is 432 g/mol. The van der Waals surface area contributed by atoms with Gasteiger partial charge in [0.2, 0.25) is 5.91 Å². The Morgan fingerprint density at radius 1 is 1.03 bits per heavy atom. The summed E-state index contributed by atoms with van der Waals surface area (Å²) < 4.78 is 5.83. The van der Waals surface area contributed by atoms with E-state index in [1.54, 1.807) is 18.5 Å². The maximum absolute atomic E-state index is 13.1. The van der Waals surface area contributed by atoms with E-state index in [2.05, 4.69) is 10.3 Å². The lowest BCUT2D eigenvalue weighted by molar-refractivity contribution is -0.111. The molecule has 1 aromatic carbocycles. The van der Waals surface area contributed by atoms with Crippen LogP contribution in [-0.4, -0.2) is 23.0 Å². The predicted molar refractivity (Wildman–Crippen MR) is 124 cm³/mol. The number of ether oxygens (including phenoxy) is 1. The molecule has 0 radical (unpaired) electrons. The van der Waals surface area contributed by atoms with Crippen LogP contribution in [0.2, 0.25) is 0 Å². The second-order valence-electron chi connectivity index (χ2n) is 7.49. The number of pyridine rings is 1. The molecule has 3 aromatic rings. The third-order valence-corrected chi connectivity index (χ3v) is 6.17. The Hall–Kier alpha value is -3.25. The van der Waals surface area contributed by atoms with Crippen LogP contribution in [0.3, 0.4) is 0 Å². The molecule has 1 saturated carbocycles. The fourth-order valence-electron chi connectivity index (χ4n) is 3.68. The first-order valence-electron chi connectivity index (χ1n) is 10.5. The highest BCUT2D eigenvalue weighted by Gasteiger charge is 2.26. The van der Waals surface area contributed by atoms with Crippen molar-refractivity contribution in [2.24, 2.45) is 0 Å². The number of rotatable bonds is 6. The van der Waals surface area contributed by atoms with Crippen LogP contribution in [0.15, 0.2) is 66.3 Å². The van der Waals surface area contributed by atoms with Gasteiger partial charge in [0.25, 0.3) is 0 Å². The quantitative estimate of drug-likeness (QED) is 0.386. The fourth-order valence-corrected chi connectivity index (χ4v) is 4.64. The van der Waals surface area contributed by atoms with Crippen molar-refractivity contribution in [1.82, 2.24) is 4.98 Å². The van der Waals surface area contributed by atoms with Crippen molar-refractivity contribution in [3.63, 3.8) is 0 Å². The zero-order valence-corrected chi connectivity index (χ0v) is 17.9. The molecule has 0 bridgehead atoms. The van der Waals surface area contributed by atoms with Gasteiger partial charge in [-0.25, -0.2) is 4.79 Å². The molecule has 1 aliphatic rings. The smallest absolute Gasteiger partial charge is 0.342 e. The van der Waals surface area contributed by atoms with Crippen LogP contribution in [0.25, 0.3) is 17.2 Å². The molecular weight excluding hydrogens is 408 g/mol. The van der Waals surface area contributed by atoms with E-state index in [9.17, 15) is 9.59 Å². The summed E-state index contributed by atoms with van der Waals surface area (Å²) in [6, 6.07) is 13.3. The van der Waals surface area contributed by atoms with E-state index in [1.165, 1.54) is 23.8 Å². The number of hydrogen-bond acceptors (Lipinski definition) is 5. The van der Waals surface area contributed by atoms with Gasteiger partial charge in [-0.2, -0.15) is 0 Å². The maximum Gasteiger partial charge on any atom is 0.342 e. The standard InChI is InChI=1S/C25H24N2O3S/c28-22(12-11-18-7-3-1-4-8-18)27-24-23(25(29)30-20-9-5-2-6-10-20)21(17-31-24)19-13-15-26-16-14-19/h1,3-4,7-8,11-17,20H,2,5-6,9-10H2,(H,27,28)/b12-11+. The largest absolute Gasteiger partial charge is 0.459 e. The van der Waals surface area contributed by atoms with Crippen molar-refractivity contribution in [2.75, 3.05) is 5.32 Å². The first-order chi connectivity index (χ1) is 15.2. The van der Waals surface area contributed by atoms with Crippen LogP contribution in [0.5, 0.6) is 0 Å². The van der Waals surface area contributed by atoms with Crippen molar-refractivity contribution < 1.29 is 14.3 Å².